The van der Waals surface area contributed by atoms with Crippen LogP contribution in [0.5, 0.6) is 0 Å². The minimum absolute atomic E-state index is 0.126. The van der Waals surface area contributed by atoms with E-state index in [0.29, 0.717) is 6.54 Å². The molecule has 0 aliphatic heterocycles. The molecule has 1 aromatic rings. The molecule has 14 heavy (non-hydrogen) atoms. The molecule has 1 aromatic carbocycles. The van der Waals surface area contributed by atoms with Gasteiger partial charge in [-0.2, -0.15) is 0 Å². The molecule has 0 saturated carbocycles. The first-order chi connectivity index (χ1) is 6.81. The molecule has 0 radical (unpaired) electrons. The summed E-state index contributed by atoms with van der Waals surface area (Å²) in [6.45, 7) is 0.696. The summed E-state index contributed by atoms with van der Waals surface area (Å²) in [6.07, 6.45) is 2.00. The van der Waals surface area contributed by atoms with Gasteiger partial charge in [-0.3, -0.25) is 0 Å². The molecular formula is C11H14FNO. The Kier molecular flexibility index (Phi) is 2.79. The molecule has 0 aromatic heterocycles. The molecule has 0 bridgehead atoms. The van der Waals surface area contributed by atoms with Gasteiger partial charge < -0.3 is 10.4 Å². The van der Waals surface area contributed by atoms with Gasteiger partial charge in [0, 0.05) is 12.6 Å². The zero-order valence-corrected chi connectivity index (χ0v) is 7.96. The lowest BCUT2D eigenvalue weighted by Crippen LogP contribution is -2.22. The number of rotatable bonds is 3. The normalized spacial score (nSPS) is 19.7. The highest BCUT2D eigenvalue weighted by molar-refractivity contribution is 5.34. The molecule has 0 amide bonds. The third-order valence-electron chi connectivity index (χ3n) is 2.69. The van der Waals surface area contributed by atoms with Crippen molar-refractivity contribution >= 4 is 0 Å². The number of fused-ring (bicyclic) bond motifs is 1. The van der Waals surface area contributed by atoms with Gasteiger partial charge in [0.2, 0.25) is 0 Å². The van der Waals surface area contributed by atoms with E-state index in [0.717, 1.165) is 18.4 Å². The largest absolute Gasteiger partial charge is 0.395 e. The van der Waals surface area contributed by atoms with Gasteiger partial charge in [0.25, 0.3) is 0 Å². The minimum Gasteiger partial charge on any atom is -0.395 e. The average molecular weight is 195 g/mol. The monoisotopic (exact) mass is 195 g/mol. The van der Waals surface area contributed by atoms with Crippen LogP contribution in [0.25, 0.3) is 0 Å². The van der Waals surface area contributed by atoms with Crippen molar-refractivity contribution < 1.29 is 9.50 Å². The second-order valence-corrected chi connectivity index (χ2v) is 3.61. The van der Waals surface area contributed by atoms with E-state index in [9.17, 15) is 4.39 Å². The van der Waals surface area contributed by atoms with E-state index >= 15 is 0 Å². The molecule has 1 aliphatic rings. The Labute approximate surface area is 82.8 Å². The number of aliphatic hydroxyl groups excluding tert-OH is 1. The van der Waals surface area contributed by atoms with Crippen molar-refractivity contribution in [1.82, 2.24) is 5.32 Å². The van der Waals surface area contributed by atoms with E-state index in [1.807, 2.05) is 6.07 Å². The molecule has 2 nitrogen and oxygen atoms in total. The molecule has 0 spiro atoms. The van der Waals surface area contributed by atoms with Gasteiger partial charge in [0.15, 0.2) is 0 Å². The van der Waals surface area contributed by atoms with Crippen LogP contribution in [-0.2, 0) is 6.42 Å². The maximum atomic E-state index is 13.0. The molecule has 1 unspecified atom stereocenters. The van der Waals surface area contributed by atoms with Crippen LogP contribution in [0.1, 0.15) is 23.6 Å². The Balaban J connectivity index is 2.16. The first-order valence-corrected chi connectivity index (χ1v) is 4.94. The Morgan fingerprint density at radius 2 is 2.36 bits per heavy atom. The van der Waals surface area contributed by atoms with E-state index < -0.39 is 0 Å². The number of benzene rings is 1. The Morgan fingerprint density at radius 1 is 1.50 bits per heavy atom. The van der Waals surface area contributed by atoms with Crippen molar-refractivity contribution in [1.29, 1.82) is 0 Å². The molecule has 2 rings (SSSR count). The average Bonchev–Trinajstić information content (AvgIpc) is 2.57. The van der Waals surface area contributed by atoms with Crippen molar-refractivity contribution in [3.05, 3.63) is 35.1 Å². The van der Waals surface area contributed by atoms with Crippen molar-refractivity contribution in [2.45, 2.75) is 18.9 Å². The highest BCUT2D eigenvalue weighted by Crippen LogP contribution is 2.31. The number of aryl methyl sites for hydroxylation is 1. The number of nitrogens with one attached hydrogen (secondary N) is 1. The SMILES string of the molecule is OCCNC1CCc2ccc(F)cc21. The molecule has 0 saturated heterocycles. The van der Waals surface area contributed by atoms with Crippen molar-refractivity contribution in [3.8, 4) is 0 Å². The van der Waals surface area contributed by atoms with Crippen molar-refractivity contribution in [2.75, 3.05) is 13.2 Å². The predicted molar refractivity (Wildman–Crippen MR) is 52.6 cm³/mol. The van der Waals surface area contributed by atoms with Crippen molar-refractivity contribution in [3.63, 3.8) is 0 Å². The smallest absolute Gasteiger partial charge is 0.123 e. The molecular weight excluding hydrogens is 181 g/mol. The highest BCUT2D eigenvalue weighted by Gasteiger charge is 2.21. The fourth-order valence-electron chi connectivity index (χ4n) is 2.02. The summed E-state index contributed by atoms with van der Waals surface area (Å²) < 4.78 is 13.0. The highest BCUT2D eigenvalue weighted by atomic mass is 19.1. The van der Waals surface area contributed by atoms with Crippen LogP contribution in [0.2, 0.25) is 0 Å². The summed E-state index contributed by atoms with van der Waals surface area (Å²) in [5.41, 5.74) is 2.28. The fraction of sp³-hybridized carbons (Fsp3) is 0.455. The van der Waals surface area contributed by atoms with Gasteiger partial charge in [0.05, 0.1) is 6.61 Å². The Bertz CT molecular complexity index is 327. The number of hydrogen-bond acceptors (Lipinski definition) is 2. The van der Waals surface area contributed by atoms with Gasteiger partial charge in [-0.05, 0) is 36.1 Å². The van der Waals surface area contributed by atoms with Gasteiger partial charge >= 0.3 is 0 Å². The van der Waals surface area contributed by atoms with E-state index in [4.69, 9.17) is 5.11 Å². The molecule has 2 N–H and O–H groups in total. The minimum atomic E-state index is -0.179. The summed E-state index contributed by atoms with van der Waals surface area (Å²) in [7, 11) is 0. The summed E-state index contributed by atoms with van der Waals surface area (Å²) in [5, 5.41) is 11.9. The maximum Gasteiger partial charge on any atom is 0.123 e. The fourth-order valence-corrected chi connectivity index (χ4v) is 2.02. The quantitative estimate of drug-likeness (QED) is 0.764. The van der Waals surface area contributed by atoms with E-state index in [1.54, 1.807) is 6.07 Å². The number of aliphatic hydroxyl groups is 1. The molecule has 1 atom stereocenters. The number of halogens is 1. The third-order valence-corrected chi connectivity index (χ3v) is 2.69. The summed E-state index contributed by atoms with van der Waals surface area (Å²) in [4.78, 5) is 0. The van der Waals surface area contributed by atoms with E-state index in [-0.39, 0.29) is 18.5 Å². The third kappa shape index (κ3) is 1.79. The first-order valence-electron chi connectivity index (χ1n) is 4.94. The zero-order chi connectivity index (χ0) is 9.97. The molecule has 3 heteroatoms. The van der Waals surface area contributed by atoms with Crippen LogP contribution >= 0.6 is 0 Å². The molecule has 0 heterocycles. The summed E-state index contributed by atoms with van der Waals surface area (Å²) >= 11 is 0. The van der Waals surface area contributed by atoms with Gasteiger partial charge in [0.1, 0.15) is 5.82 Å². The zero-order valence-electron chi connectivity index (χ0n) is 7.96. The molecule has 1 aliphatic carbocycles. The maximum absolute atomic E-state index is 13.0. The second kappa shape index (κ2) is 4.07. The van der Waals surface area contributed by atoms with E-state index in [2.05, 4.69) is 5.32 Å². The van der Waals surface area contributed by atoms with Crippen LogP contribution in [0.15, 0.2) is 18.2 Å². The van der Waals surface area contributed by atoms with Crippen LogP contribution in [0, 0.1) is 5.82 Å². The van der Waals surface area contributed by atoms with Crippen LogP contribution in [-0.4, -0.2) is 18.3 Å². The van der Waals surface area contributed by atoms with Gasteiger partial charge in [-0.1, -0.05) is 6.07 Å². The van der Waals surface area contributed by atoms with Gasteiger partial charge in [-0.15, -0.1) is 0 Å². The summed E-state index contributed by atoms with van der Waals surface area (Å²) in [5.74, 6) is -0.179. The Hall–Kier alpha value is -0.930. The first kappa shape index (κ1) is 9.62. The lowest BCUT2D eigenvalue weighted by molar-refractivity contribution is 0.284. The summed E-state index contributed by atoms with van der Waals surface area (Å²) in [6, 6.07) is 5.17. The number of hydrogen-bond donors (Lipinski definition) is 2. The topological polar surface area (TPSA) is 32.3 Å². The van der Waals surface area contributed by atoms with Crippen molar-refractivity contribution in [2.24, 2.45) is 0 Å². The van der Waals surface area contributed by atoms with Gasteiger partial charge in [-0.25, -0.2) is 4.39 Å². The lowest BCUT2D eigenvalue weighted by atomic mass is 10.1. The van der Waals surface area contributed by atoms with Crippen LogP contribution < -0.4 is 5.32 Å². The van der Waals surface area contributed by atoms with Crippen LogP contribution in [0.4, 0.5) is 4.39 Å². The standard InChI is InChI=1S/C11H14FNO/c12-9-3-1-8-2-4-11(10(8)7-9)13-5-6-14/h1,3,7,11,13-14H,2,4-6H2. The second-order valence-electron chi connectivity index (χ2n) is 3.61. The predicted octanol–water partition coefficient (Wildman–Crippen LogP) is 1.39. The Morgan fingerprint density at radius 3 is 3.14 bits per heavy atom. The van der Waals surface area contributed by atoms with Crippen LogP contribution in [0.3, 0.4) is 0 Å². The lowest BCUT2D eigenvalue weighted by Gasteiger charge is -2.12. The molecule has 76 valence electrons. The van der Waals surface area contributed by atoms with E-state index in [1.165, 1.54) is 11.6 Å². The molecule has 0 fully saturated rings.